The van der Waals surface area contributed by atoms with Crippen LogP contribution < -0.4 is 5.32 Å². The Balaban J connectivity index is 1.56. The van der Waals surface area contributed by atoms with Gasteiger partial charge >= 0.3 is 0 Å². The summed E-state index contributed by atoms with van der Waals surface area (Å²) in [7, 11) is 4.21. The molecule has 32 heavy (non-hydrogen) atoms. The SMILES string of the molecule is Cc1cc2nccn2cc1-c1nc(NCC(c2ccccc2)N(C)C)c2ccccc2n1. The Labute approximate surface area is 187 Å². The van der Waals surface area contributed by atoms with Crippen molar-refractivity contribution in [3.63, 3.8) is 0 Å². The lowest BCUT2D eigenvalue weighted by Gasteiger charge is -2.25. The molecule has 1 N–H and O–H groups in total. The summed E-state index contributed by atoms with van der Waals surface area (Å²) < 4.78 is 2.01. The highest BCUT2D eigenvalue weighted by atomic mass is 15.1. The average molecular weight is 423 g/mol. The monoisotopic (exact) mass is 422 g/mol. The molecule has 0 saturated heterocycles. The molecule has 3 heterocycles. The van der Waals surface area contributed by atoms with Crippen molar-refractivity contribution in [3.05, 3.63) is 90.4 Å². The number of likely N-dealkylation sites (N-methyl/N-ethyl adjacent to an activating group) is 1. The number of para-hydroxylation sites is 1. The topological polar surface area (TPSA) is 58.4 Å². The van der Waals surface area contributed by atoms with E-state index in [2.05, 4.69) is 78.8 Å². The maximum Gasteiger partial charge on any atom is 0.163 e. The molecule has 0 bridgehead atoms. The summed E-state index contributed by atoms with van der Waals surface area (Å²) in [4.78, 5) is 16.5. The van der Waals surface area contributed by atoms with Crippen LogP contribution >= 0.6 is 0 Å². The van der Waals surface area contributed by atoms with Gasteiger partial charge in [-0.05, 0) is 50.3 Å². The molecule has 6 nitrogen and oxygen atoms in total. The first-order chi connectivity index (χ1) is 15.6. The average Bonchev–Trinajstić information content (AvgIpc) is 3.26. The third kappa shape index (κ3) is 3.81. The van der Waals surface area contributed by atoms with Crippen LogP contribution in [0.2, 0.25) is 0 Å². The van der Waals surface area contributed by atoms with Gasteiger partial charge in [-0.15, -0.1) is 0 Å². The van der Waals surface area contributed by atoms with Gasteiger partial charge in [-0.25, -0.2) is 15.0 Å². The first kappa shape index (κ1) is 20.2. The van der Waals surface area contributed by atoms with Crippen LogP contribution in [0.25, 0.3) is 27.9 Å². The number of pyridine rings is 1. The number of imidazole rings is 1. The van der Waals surface area contributed by atoms with E-state index in [1.807, 2.05) is 34.9 Å². The van der Waals surface area contributed by atoms with Gasteiger partial charge in [0.2, 0.25) is 0 Å². The van der Waals surface area contributed by atoms with E-state index in [1.54, 1.807) is 6.20 Å². The molecular formula is C26H26N6. The normalized spacial score (nSPS) is 12.5. The molecule has 3 aromatic heterocycles. The van der Waals surface area contributed by atoms with Crippen LogP contribution in [0.1, 0.15) is 17.2 Å². The zero-order chi connectivity index (χ0) is 22.1. The lowest BCUT2D eigenvalue weighted by Crippen LogP contribution is -2.27. The number of nitrogens with one attached hydrogen (secondary N) is 1. The van der Waals surface area contributed by atoms with E-state index < -0.39 is 0 Å². The predicted octanol–water partition coefficient (Wildman–Crippen LogP) is 4.97. The second-order valence-electron chi connectivity index (χ2n) is 8.25. The van der Waals surface area contributed by atoms with Gasteiger partial charge in [0.05, 0.1) is 11.6 Å². The molecule has 0 aliphatic carbocycles. The van der Waals surface area contributed by atoms with Crippen LogP contribution in [-0.4, -0.2) is 44.9 Å². The zero-order valence-electron chi connectivity index (χ0n) is 18.5. The van der Waals surface area contributed by atoms with Crippen LogP contribution in [0.3, 0.4) is 0 Å². The molecular weight excluding hydrogens is 396 g/mol. The molecule has 0 radical (unpaired) electrons. The standard InChI is InChI=1S/C26H26N6/c1-18-15-24-27-13-14-32(24)17-21(18)26-29-22-12-8-7-11-20(22)25(30-26)28-16-23(31(2)3)19-9-5-4-6-10-19/h4-15,17,23H,16H2,1-3H3,(H,28,29,30). The molecule has 2 aromatic carbocycles. The van der Waals surface area contributed by atoms with Gasteiger partial charge in [0.1, 0.15) is 11.5 Å². The lowest BCUT2D eigenvalue weighted by molar-refractivity contribution is 0.311. The Morgan fingerprint density at radius 2 is 1.78 bits per heavy atom. The summed E-state index contributed by atoms with van der Waals surface area (Å²) in [5.41, 5.74) is 5.20. The van der Waals surface area contributed by atoms with Gasteiger partial charge in [0.25, 0.3) is 0 Å². The highest BCUT2D eigenvalue weighted by molar-refractivity contribution is 5.90. The van der Waals surface area contributed by atoms with Crippen molar-refractivity contribution in [2.75, 3.05) is 26.0 Å². The third-order valence-electron chi connectivity index (χ3n) is 5.85. The minimum absolute atomic E-state index is 0.220. The van der Waals surface area contributed by atoms with Crippen molar-refractivity contribution in [1.29, 1.82) is 0 Å². The Morgan fingerprint density at radius 1 is 1.00 bits per heavy atom. The van der Waals surface area contributed by atoms with E-state index in [9.17, 15) is 0 Å². The van der Waals surface area contributed by atoms with Crippen LogP contribution in [0.4, 0.5) is 5.82 Å². The third-order valence-corrected chi connectivity index (χ3v) is 5.85. The number of nitrogens with zero attached hydrogens (tertiary/aromatic N) is 5. The summed E-state index contributed by atoms with van der Waals surface area (Å²) >= 11 is 0. The molecule has 5 rings (SSSR count). The maximum absolute atomic E-state index is 4.97. The van der Waals surface area contributed by atoms with Gasteiger partial charge in [-0.2, -0.15) is 0 Å². The molecule has 1 unspecified atom stereocenters. The molecule has 0 aliphatic rings. The summed E-state index contributed by atoms with van der Waals surface area (Å²) in [6, 6.07) is 21.0. The largest absolute Gasteiger partial charge is 0.368 e. The van der Waals surface area contributed by atoms with Crippen molar-refractivity contribution in [2.24, 2.45) is 0 Å². The molecule has 0 aliphatic heterocycles. The summed E-state index contributed by atoms with van der Waals surface area (Å²) in [6.45, 7) is 2.81. The molecule has 1 atom stereocenters. The van der Waals surface area contributed by atoms with Crippen molar-refractivity contribution in [1.82, 2.24) is 24.3 Å². The number of aryl methyl sites for hydroxylation is 1. The fraction of sp³-hybridized carbons (Fsp3) is 0.192. The first-order valence-corrected chi connectivity index (χ1v) is 10.8. The molecule has 0 spiro atoms. The lowest BCUT2D eigenvalue weighted by atomic mass is 10.1. The van der Waals surface area contributed by atoms with Crippen LogP contribution in [0.5, 0.6) is 0 Å². The van der Waals surface area contributed by atoms with Crippen LogP contribution in [0, 0.1) is 6.92 Å². The van der Waals surface area contributed by atoms with Gasteiger partial charge in [0, 0.05) is 36.1 Å². The van der Waals surface area contributed by atoms with Crippen molar-refractivity contribution < 1.29 is 0 Å². The summed E-state index contributed by atoms with van der Waals surface area (Å²) in [6.07, 6.45) is 5.80. The number of fused-ring (bicyclic) bond motifs is 2. The Hall–Kier alpha value is -3.77. The minimum Gasteiger partial charge on any atom is -0.368 e. The molecule has 5 aromatic rings. The number of aromatic nitrogens is 4. The number of hydrogen-bond donors (Lipinski definition) is 1. The highest BCUT2D eigenvalue weighted by Gasteiger charge is 2.16. The summed E-state index contributed by atoms with van der Waals surface area (Å²) in [5, 5.41) is 4.63. The van der Waals surface area contributed by atoms with Gasteiger partial charge < -0.3 is 14.6 Å². The highest BCUT2D eigenvalue weighted by Crippen LogP contribution is 2.28. The number of benzene rings is 2. The second-order valence-corrected chi connectivity index (χ2v) is 8.25. The fourth-order valence-electron chi connectivity index (χ4n) is 4.09. The van der Waals surface area contributed by atoms with Crippen molar-refractivity contribution in [3.8, 4) is 11.4 Å². The van der Waals surface area contributed by atoms with Crippen molar-refractivity contribution >= 4 is 22.4 Å². The summed E-state index contributed by atoms with van der Waals surface area (Å²) in [5.74, 6) is 1.55. The predicted molar refractivity (Wildman–Crippen MR) is 130 cm³/mol. The molecule has 0 amide bonds. The Morgan fingerprint density at radius 3 is 2.59 bits per heavy atom. The Bertz CT molecular complexity index is 1370. The molecule has 0 fully saturated rings. The first-order valence-electron chi connectivity index (χ1n) is 10.8. The minimum atomic E-state index is 0.220. The number of anilines is 1. The molecule has 6 heteroatoms. The van der Waals surface area contributed by atoms with Gasteiger partial charge in [-0.1, -0.05) is 42.5 Å². The van der Waals surface area contributed by atoms with E-state index in [-0.39, 0.29) is 6.04 Å². The van der Waals surface area contributed by atoms with Crippen LogP contribution in [-0.2, 0) is 0 Å². The van der Waals surface area contributed by atoms with E-state index >= 15 is 0 Å². The number of hydrogen-bond acceptors (Lipinski definition) is 5. The van der Waals surface area contributed by atoms with E-state index in [1.165, 1.54) is 5.56 Å². The van der Waals surface area contributed by atoms with E-state index in [4.69, 9.17) is 9.97 Å². The van der Waals surface area contributed by atoms with Gasteiger partial charge in [0.15, 0.2) is 5.82 Å². The second kappa shape index (κ2) is 8.40. The fourth-order valence-corrected chi connectivity index (χ4v) is 4.09. The van der Waals surface area contributed by atoms with E-state index in [0.29, 0.717) is 5.82 Å². The molecule has 160 valence electrons. The quantitative estimate of drug-likeness (QED) is 0.419. The van der Waals surface area contributed by atoms with Crippen molar-refractivity contribution in [2.45, 2.75) is 13.0 Å². The van der Waals surface area contributed by atoms with E-state index in [0.717, 1.165) is 40.0 Å². The number of rotatable bonds is 6. The smallest absolute Gasteiger partial charge is 0.163 e. The van der Waals surface area contributed by atoms with Gasteiger partial charge in [-0.3, -0.25) is 0 Å². The maximum atomic E-state index is 4.97. The molecule has 0 saturated carbocycles. The Kier molecular flexibility index (Phi) is 5.29. The van der Waals surface area contributed by atoms with Crippen LogP contribution in [0.15, 0.2) is 79.3 Å². The zero-order valence-corrected chi connectivity index (χ0v) is 18.5.